The third kappa shape index (κ3) is 9.55. The molecule has 0 aliphatic rings. The SMILES string of the molecule is c1ccc(Oc2cc(O[Si](Oc3ccccc3)(Oc3ccccc3)Oc3ccccc3)c(Oc3ccccc3)c(Oc3ccccc3)c2Oc2ccccc2)cc1. The predicted molar refractivity (Wildman–Crippen MR) is 220 cm³/mol. The van der Waals surface area contributed by atoms with Gasteiger partial charge in [-0.05, 0) is 84.9 Å². The molecule has 280 valence electrons. The van der Waals surface area contributed by atoms with Gasteiger partial charge in [0, 0.05) is 6.07 Å². The molecule has 0 aromatic heterocycles. The molecular weight excluding hydrogens is 733 g/mol. The average Bonchev–Trinajstić information content (AvgIpc) is 3.26. The highest BCUT2D eigenvalue weighted by atomic mass is 28.4. The highest BCUT2D eigenvalue weighted by Crippen LogP contribution is 2.56. The van der Waals surface area contributed by atoms with Crippen LogP contribution in [0.4, 0.5) is 0 Å². The lowest BCUT2D eigenvalue weighted by Gasteiger charge is -2.30. The van der Waals surface area contributed by atoms with E-state index in [1.165, 1.54) is 0 Å². The predicted octanol–water partition coefficient (Wildman–Crippen LogP) is 12.9. The van der Waals surface area contributed by atoms with Crippen LogP contribution in [0.2, 0.25) is 0 Å². The van der Waals surface area contributed by atoms with Crippen molar-refractivity contribution in [2.24, 2.45) is 0 Å². The van der Waals surface area contributed by atoms with Crippen molar-refractivity contribution in [3.05, 3.63) is 218 Å². The van der Waals surface area contributed by atoms with Gasteiger partial charge in [0.2, 0.25) is 17.2 Å². The van der Waals surface area contributed by atoms with Crippen molar-refractivity contribution in [1.82, 2.24) is 0 Å². The van der Waals surface area contributed by atoms with E-state index >= 15 is 0 Å². The zero-order chi connectivity index (χ0) is 38.5. The van der Waals surface area contributed by atoms with Crippen LogP contribution >= 0.6 is 0 Å². The van der Waals surface area contributed by atoms with Crippen LogP contribution in [0.5, 0.6) is 69.0 Å². The molecule has 8 aromatic rings. The van der Waals surface area contributed by atoms with Gasteiger partial charge in [0.1, 0.15) is 40.2 Å². The summed E-state index contributed by atoms with van der Waals surface area (Å²) in [5.41, 5.74) is 0. The third-order valence-electron chi connectivity index (χ3n) is 8.18. The molecular formula is C48H36O8Si. The van der Waals surface area contributed by atoms with Crippen molar-refractivity contribution in [3.63, 3.8) is 0 Å². The third-order valence-corrected chi connectivity index (χ3v) is 10.1. The highest BCUT2D eigenvalue weighted by Gasteiger charge is 2.59. The maximum Gasteiger partial charge on any atom is 0.966 e. The lowest BCUT2D eigenvalue weighted by Crippen LogP contribution is -2.60. The van der Waals surface area contributed by atoms with E-state index in [0.29, 0.717) is 40.2 Å². The smallest absolute Gasteiger partial charge is 0.453 e. The Labute approximate surface area is 332 Å². The molecule has 0 saturated heterocycles. The molecule has 0 heterocycles. The number of rotatable bonds is 16. The molecule has 0 spiro atoms. The minimum atomic E-state index is -4.46. The van der Waals surface area contributed by atoms with Crippen LogP contribution in [-0.2, 0) is 0 Å². The van der Waals surface area contributed by atoms with E-state index in [4.69, 9.17) is 36.7 Å². The van der Waals surface area contributed by atoms with Crippen molar-refractivity contribution >= 4 is 9.05 Å². The van der Waals surface area contributed by atoms with Crippen LogP contribution in [0.25, 0.3) is 0 Å². The second kappa shape index (κ2) is 17.7. The Morgan fingerprint density at radius 2 is 0.491 bits per heavy atom. The molecule has 0 bridgehead atoms. The number of benzene rings is 8. The van der Waals surface area contributed by atoms with Gasteiger partial charge in [0.05, 0.1) is 0 Å². The van der Waals surface area contributed by atoms with Gasteiger partial charge in [0.15, 0.2) is 11.5 Å². The lowest BCUT2D eigenvalue weighted by atomic mass is 10.2. The second-order valence-corrected chi connectivity index (χ2v) is 14.2. The fourth-order valence-electron chi connectivity index (χ4n) is 5.61. The van der Waals surface area contributed by atoms with E-state index in [2.05, 4.69) is 0 Å². The first-order valence-electron chi connectivity index (χ1n) is 18.2. The summed E-state index contributed by atoms with van der Waals surface area (Å²) < 4.78 is 54.2. The van der Waals surface area contributed by atoms with Crippen LogP contribution in [0, 0.1) is 0 Å². The average molecular weight is 769 g/mol. The monoisotopic (exact) mass is 768 g/mol. The van der Waals surface area contributed by atoms with E-state index in [-0.39, 0.29) is 28.7 Å². The maximum atomic E-state index is 7.11. The molecule has 0 aliphatic carbocycles. The van der Waals surface area contributed by atoms with E-state index in [1.807, 2.05) is 176 Å². The number of ether oxygens (including phenoxy) is 4. The first kappa shape index (κ1) is 36.4. The van der Waals surface area contributed by atoms with E-state index in [0.717, 1.165) is 0 Å². The fourth-order valence-corrected chi connectivity index (χ4v) is 7.55. The van der Waals surface area contributed by atoms with Crippen LogP contribution in [0.1, 0.15) is 0 Å². The van der Waals surface area contributed by atoms with Crippen LogP contribution < -0.4 is 36.7 Å². The van der Waals surface area contributed by atoms with Crippen LogP contribution in [-0.4, -0.2) is 9.05 Å². The lowest BCUT2D eigenvalue weighted by molar-refractivity contribution is 0.158. The van der Waals surface area contributed by atoms with Crippen LogP contribution in [0.15, 0.2) is 218 Å². The van der Waals surface area contributed by atoms with Crippen LogP contribution in [0.3, 0.4) is 0 Å². The van der Waals surface area contributed by atoms with Crippen molar-refractivity contribution in [2.45, 2.75) is 0 Å². The van der Waals surface area contributed by atoms with E-state index in [9.17, 15) is 0 Å². The summed E-state index contributed by atoms with van der Waals surface area (Å²) in [4.78, 5) is 0. The van der Waals surface area contributed by atoms with Gasteiger partial charge < -0.3 is 36.7 Å². The molecule has 8 rings (SSSR count). The topological polar surface area (TPSA) is 73.8 Å². The number of hydrogen-bond acceptors (Lipinski definition) is 8. The standard InChI is InChI=1S/C48H36O8Si/c1-8-22-37(23-9-1)49-44-36-45(56-57(53-41-30-16-5-17-31-41,54-42-32-18-6-19-33-42)55-43-34-20-7-21-35-43)47(51-39-26-12-3-13-27-39)48(52-40-28-14-4-15-29-40)46(44)50-38-24-10-2-11-25-38/h1-36H. The van der Waals surface area contributed by atoms with Gasteiger partial charge in [-0.3, -0.25) is 0 Å². The Balaban J connectivity index is 1.39. The van der Waals surface area contributed by atoms with Gasteiger partial charge >= 0.3 is 9.05 Å². The summed E-state index contributed by atoms with van der Waals surface area (Å²) in [6.45, 7) is 0. The first-order chi connectivity index (χ1) is 28.2. The first-order valence-corrected chi connectivity index (χ1v) is 19.9. The molecule has 9 heteroatoms. The van der Waals surface area contributed by atoms with Crippen molar-refractivity contribution < 1.29 is 36.7 Å². The maximum absolute atomic E-state index is 7.11. The molecule has 0 amide bonds. The van der Waals surface area contributed by atoms with Crippen molar-refractivity contribution in [3.8, 4) is 69.0 Å². The minimum absolute atomic E-state index is 0.116. The van der Waals surface area contributed by atoms with Gasteiger partial charge in [-0.25, -0.2) is 0 Å². The fraction of sp³-hybridized carbons (Fsp3) is 0. The van der Waals surface area contributed by atoms with Gasteiger partial charge in [-0.2, -0.15) is 0 Å². The summed E-state index contributed by atoms with van der Waals surface area (Å²) in [5, 5.41) is 0. The van der Waals surface area contributed by atoms with E-state index in [1.54, 1.807) is 42.5 Å². The Hall–Kier alpha value is -7.62. The molecule has 0 atom stereocenters. The molecule has 57 heavy (non-hydrogen) atoms. The van der Waals surface area contributed by atoms with Crippen molar-refractivity contribution in [2.75, 3.05) is 0 Å². The Bertz CT molecular complexity index is 2340. The minimum Gasteiger partial charge on any atom is -0.453 e. The summed E-state index contributed by atoms with van der Waals surface area (Å²) in [7, 11) is -4.46. The molecule has 0 N–H and O–H groups in total. The van der Waals surface area contributed by atoms with Gasteiger partial charge in [0.25, 0.3) is 0 Å². The Morgan fingerprint density at radius 1 is 0.228 bits per heavy atom. The second-order valence-electron chi connectivity index (χ2n) is 12.4. The van der Waals surface area contributed by atoms with Crippen molar-refractivity contribution in [1.29, 1.82) is 0 Å². The normalized spacial score (nSPS) is 10.8. The molecule has 0 radical (unpaired) electrons. The largest absolute Gasteiger partial charge is 0.966 e. The summed E-state index contributed by atoms with van der Waals surface area (Å²) in [6.07, 6.45) is 0. The molecule has 8 nitrogen and oxygen atoms in total. The molecule has 0 saturated carbocycles. The summed E-state index contributed by atoms with van der Waals surface area (Å²) in [6, 6.07) is 66.7. The quantitative estimate of drug-likeness (QED) is 0.0900. The highest BCUT2D eigenvalue weighted by molar-refractivity contribution is 6.57. The number of hydrogen-bond donors (Lipinski definition) is 0. The number of para-hydroxylation sites is 7. The Kier molecular flexibility index (Phi) is 11.3. The van der Waals surface area contributed by atoms with Gasteiger partial charge in [-0.15, -0.1) is 0 Å². The molecule has 0 fully saturated rings. The molecule has 0 aliphatic heterocycles. The zero-order valence-electron chi connectivity index (χ0n) is 30.6. The molecule has 8 aromatic carbocycles. The Morgan fingerprint density at radius 3 is 0.825 bits per heavy atom. The summed E-state index contributed by atoms with van der Waals surface area (Å²) >= 11 is 0. The van der Waals surface area contributed by atoms with Gasteiger partial charge in [-0.1, -0.05) is 127 Å². The summed E-state index contributed by atoms with van der Waals surface area (Å²) in [5.74, 6) is 4.28. The zero-order valence-corrected chi connectivity index (χ0v) is 31.6. The molecule has 0 unspecified atom stereocenters. The van der Waals surface area contributed by atoms with E-state index < -0.39 is 9.05 Å².